The van der Waals surface area contributed by atoms with Gasteiger partial charge in [0.1, 0.15) is 5.75 Å². The number of hydrogen-bond acceptors (Lipinski definition) is 4. The van der Waals surface area contributed by atoms with Crippen LogP contribution in [0.3, 0.4) is 0 Å². The minimum Gasteiger partial charge on any atom is -0.493 e. The fourth-order valence-electron chi connectivity index (χ4n) is 5.89. The fourth-order valence-corrected chi connectivity index (χ4v) is 5.89. The minimum absolute atomic E-state index is 0.0116. The number of amides is 3. The SMILES string of the molecule is CCOc1ccccc1/C=C/C(=O)N1CCC2(CC1)CCN(C(=O)C1CC(=O)N(c3ccccc3)C1)C2. The summed E-state index contributed by atoms with van der Waals surface area (Å²) in [7, 11) is 0. The van der Waals surface area contributed by atoms with Gasteiger partial charge in [0.15, 0.2) is 0 Å². The summed E-state index contributed by atoms with van der Waals surface area (Å²) in [4.78, 5) is 44.4. The van der Waals surface area contributed by atoms with Gasteiger partial charge < -0.3 is 19.4 Å². The molecule has 37 heavy (non-hydrogen) atoms. The van der Waals surface area contributed by atoms with E-state index in [1.54, 1.807) is 11.0 Å². The van der Waals surface area contributed by atoms with Gasteiger partial charge in [-0.3, -0.25) is 14.4 Å². The highest BCUT2D eigenvalue weighted by Crippen LogP contribution is 2.41. The quantitative estimate of drug-likeness (QED) is 0.562. The van der Waals surface area contributed by atoms with Crippen molar-refractivity contribution in [2.24, 2.45) is 11.3 Å². The molecule has 3 fully saturated rings. The first-order valence-electron chi connectivity index (χ1n) is 13.3. The Hall–Kier alpha value is -3.61. The molecule has 1 unspecified atom stereocenters. The number of piperidine rings is 1. The van der Waals surface area contributed by atoms with Crippen molar-refractivity contribution in [1.29, 1.82) is 0 Å². The number of nitrogens with zero attached hydrogens (tertiary/aromatic N) is 3. The third kappa shape index (κ3) is 5.41. The summed E-state index contributed by atoms with van der Waals surface area (Å²) in [6, 6.07) is 17.3. The molecule has 0 aliphatic carbocycles. The maximum atomic E-state index is 13.3. The fraction of sp³-hybridized carbons (Fsp3) is 0.433. The first-order chi connectivity index (χ1) is 18.0. The molecule has 2 aromatic carbocycles. The Balaban J connectivity index is 1.14. The molecule has 0 bridgehead atoms. The molecular weight excluding hydrogens is 466 g/mol. The third-order valence-electron chi connectivity index (χ3n) is 8.05. The van der Waals surface area contributed by atoms with Crippen LogP contribution in [0.15, 0.2) is 60.7 Å². The highest BCUT2D eigenvalue weighted by molar-refractivity contribution is 6.00. The normalized spacial score (nSPS) is 21.3. The first kappa shape index (κ1) is 25.1. The molecule has 7 nitrogen and oxygen atoms in total. The molecule has 0 saturated carbocycles. The van der Waals surface area contributed by atoms with Crippen LogP contribution in [0, 0.1) is 11.3 Å². The zero-order valence-corrected chi connectivity index (χ0v) is 21.5. The van der Waals surface area contributed by atoms with E-state index in [0.717, 1.165) is 49.4 Å². The van der Waals surface area contributed by atoms with Gasteiger partial charge >= 0.3 is 0 Å². The Morgan fingerprint density at radius 1 is 0.973 bits per heavy atom. The molecule has 5 rings (SSSR count). The molecule has 1 spiro atoms. The second kappa shape index (κ2) is 10.8. The van der Waals surface area contributed by atoms with Crippen molar-refractivity contribution < 1.29 is 19.1 Å². The highest BCUT2D eigenvalue weighted by atomic mass is 16.5. The van der Waals surface area contributed by atoms with Gasteiger partial charge in [-0.2, -0.15) is 0 Å². The van der Waals surface area contributed by atoms with Crippen LogP contribution < -0.4 is 9.64 Å². The Kier molecular flexibility index (Phi) is 7.31. The lowest BCUT2D eigenvalue weighted by Crippen LogP contribution is -2.44. The molecule has 3 aliphatic heterocycles. The van der Waals surface area contributed by atoms with Gasteiger partial charge in [-0.25, -0.2) is 0 Å². The summed E-state index contributed by atoms with van der Waals surface area (Å²) in [5, 5.41) is 0. The number of anilines is 1. The standard InChI is InChI=1S/C30H35N3O4/c1-2-37-26-11-7-6-8-23(26)12-13-27(34)31-17-14-30(15-18-31)16-19-32(22-30)29(36)24-20-28(35)33(21-24)25-9-4-3-5-10-25/h3-13,24H,2,14-22H2,1H3/b13-12+. The number of para-hydroxylation sites is 2. The molecule has 3 heterocycles. The van der Waals surface area contributed by atoms with Crippen molar-refractivity contribution in [3.8, 4) is 5.75 Å². The van der Waals surface area contributed by atoms with E-state index < -0.39 is 0 Å². The number of benzene rings is 2. The lowest BCUT2D eigenvalue weighted by atomic mass is 9.77. The predicted molar refractivity (Wildman–Crippen MR) is 143 cm³/mol. The lowest BCUT2D eigenvalue weighted by Gasteiger charge is -2.39. The molecule has 3 aliphatic rings. The molecule has 1 atom stereocenters. The number of hydrogen-bond donors (Lipinski definition) is 0. The van der Waals surface area contributed by atoms with E-state index in [4.69, 9.17) is 4.74 Å². The molecule has 3 saturated heterocycles. The average Bonchev–Trinajstić information content (AvgIpc) is 3.52. The molecule has 0 radical (unpaired) electrons. The molecular formula is C30H35N3O4. The zero-order valence-electron chi connectivity index (χ0n) is 21.5. The lowest BCUT2D eigenvalue weighted by molar-refractivity contribution is -0.135. The Morgan fingerprint density at radius 2 is 1.65 bits per heavy atom. The Morgan fingerprint density at radius 3 is 2.38 bits per heavy atom. The van der Waals surface area contributed by atoms with Crippen molar-refractivity contribution in [2.45, 2.75) is 32.6 Å². The van der Waals surface area contributed by atoms with Crippen LogP contribution in [-0.2, 0) is 14.4 Å². The highest BCUT2D eigenvalue weighted by Gasteiger charge is 2.45. The maximum Gasteiger partial charge on any atom is 0.246 e. The summed E-state index contributed by atoms with van der Waals surface area (Å²) in [5.74, 6) is 0.616. The van der Waals surface area contributed by atoms with Crippen LogP contribution in [0.25, 0.3) is 6.08 Å². The number of rotatable bonds is 6. The summed E-state index contributed by atoms with van der Waals surface area (Å²) < 4.78 is 5.65. The van der Waals surface area contributed by atoms with Crippen LogP contribution in [0.5, 0.6) is 5.75 Å². The van der Waals surface area contributed by atoms with E-state index in [-0.39, 0.29) is 35.5 Å². The van der Waals surface area contributed by atoms with E-state index in [1.807, 2.05) is 77.4 Å². The van der Waals surface area contributed by atoms with Gasteiger partial charge in [0.2, 0.25) is 17.7 Å². The smallest absolute Gasteiger partial charge is 0.246 e. The summed E-state index contributed by atoms with van der Waals surface area (Å²) in [5.41, 5.74) is 1.82. The van der Waals surface area contributed by atoms with E-state index in [9.17, 15) is 14.4 Å². The molecule has 0 aromatic heterocycles. The van der Waals surface area contributed by atoms with Crippen molar-refractivity contribution >= 4 is 29.5 Å². The monoisotopic (exact) mass is 501 g/mol. The van der Waals surface area contributed by atoms with Gasteiger partial charge in [0.05, 0.1) is 12.5 Å². The van der Waals surface area contributed by atoms with Crippen molar-refractivity contribution in [1.82, 2.24) is 9.80 Å². The van der Waals surface area contributed by atoms with E-state index >= 15 is 0 Å². The number of likely N-dealkylation sites (tertiary alicyclic amines) is 2. The van der Waals surface area contributed by atoms with Crippen LogP contribution in [-0.4, -0.2) is 66.9 Å². The number of carbonyl (C=O) groups excluding carboxylic acids is 3. The zero-order chi connectivity index (χ0) is 25.8. The van der Waals surface area contributed by atoms with Crippen LogP contribution >= 0.6 is 0 Å². The summed E-state index contributed by atoms with van der Waals surface area (Å²) in [6.45, 7) is 5.82. The Bertz CT molecular complexity index is 1170. The molecule has 2 aromatic rings. The predicted octanol–water partition coefficient (Wildman–Crippen LogP) is 3.99. The van der Waals surface area contributed by atoms with Gasteiger partial charge in [0.25, 0.3) is 0 Å². The van der Waals surface area contributed by atoms with E-state index in [1.165, 1.54) is 0 Å². The van der Waals surface area contributed by atoms with Gasteiger partial charge in [-0.15, -0.1) is 0 Å². The first-order valence-corrected chi connectivity index (χ1v) is 13.3. The second-order valence-electron chi connectivity index (χ2n) is 10.4. The topological polar surface area (TPSA) is 70.2 Å². The largest absolute Gasteiger partial charge is 0.493 e. The van der Waals surface area contributed by atoms with Crippen molar-refractivity contribution in [2.75, 3.05) is 44.2 Å². The summed E-state index contributed by atoms with van der Waals surface area (Å²) >= 11 is 0. The molecule has 194 valence electrons. The molecule has 3 amide bonds. The second-order valence-corrected chi connectivity index (χ2v) is 10.4. The van der Waals surface area contributed by atoms with Gasteiger partial charge in [0, 0.05) is 56.5 Å². The van der Waals surface area contributed by atoms with Gasteiger partial charge in [-0.05, 0) is 55.9 Å². The number of carbonyl (C=O) groups is 3. The van der Waals surface area contributed by atoms with Crippen LogP contribution in [0.2, 0.25) is 0 Å². The average molecular weight is 502 g/mol. The van der Waals surface area contributed by atoms with Gasteiger partial charge in [-0.1, -0.05) is 36.4 Å². The van der Waals surface area contributed by atoms with Crippen LogP contribution in [0.4, 0.5) is 5.69 Å². The minimum atomic E-state index is -0.283. The van der Waals surface area contributed by atoms with Crippen LogP contribution in [0.1, 0.15) is 38.2 Å². The third-order valence-corrected chi connectivity index (χ3v) is 8.05. The Labute approximate surface area is 218 Å². The maximum absolute atomic E-state index is 13.3. The van der Waals surface area contributed by atoms with E-state index in [0.29, 0.717) is 26.2 Å². The summed E-state index contributed by atoms with van der Waals surface area (Å²) in [6.07, 6.45) is 6.49. The molecule has 7 heteroatoms. The van der Waals surface area contributed by atoms with Crippen molar-refractivity contribution in [3.63, 3.8) is 0 Å². The van der Waals surface area contributed by atoms with E-state index in [2.05, 4.69) is 0 Å². The number of ether oxygens (including phenoxy) is 1. The molecule has 0 N–H and O–H groups in total. The van der Waals surface area contributed by atoms with Crippen molar-refractivity contribution in [3.05, 3.63) is 66.2 Å².